The Morgan fingerprint density at radius 2 is 2.14 bits per heavy atom. The van der Waals surface area contributed by atoms with Crippen molar-refractivity contribution in [2.24, 2.45) is 11.8 Å². The number of benzene rings is 1. The standard InChI is InChI=1S/C22H32FN3O2.ClH/c1-16(9-10-17-5-2-7-19(23)13-17)22(28)26-12-4-6-18(15-26)14-25-21(27)20-8-3-11-24-20;/h2,5,7,13,16,18,20,24H,3-4,6,8-12,14-15H2,1H3,(H,25,27);1H. The molecule has 1 aromatic rings. The van der Waals surface area contributed by atoms with Gasteiger partial charge in [-0.1, -0.05) is 19.1 Å². The SMILES string of the molecule is CC(CCc1cccc(F)c1)C(=O)N1CCCC(CNC(=O)C2CCCN2)C1.Cl. The minimum atomic E-state index is -0.231. The minimum Gasteiger partial charge on any atom is -0.354 e. The van der Waals surface area contributed by atoms with Crippen LogP contribution < -0.4 is 10.6 Å². The Labute approximate surface area is 179 Å². The van der Waals surface area contributed by atoms with E-state index in [9.17, 15) is 14.0 Å². The Morgan fingerprint density at radius 3 is 2.86 bits per heavy atom. The minimum absolute atomic E-state index is 0. The van der Waals surface area contributed by atoms with Crippen molar-refractivity contribution >= 4 is 24.2 Å². The molecule has 0 saturated carbocycles. The highest BCUT2D eigenvalue weighted by atomic mass is 35.5. The topological polar surface area (TPSA) is 61.4 Å². The average molecular weight is 426 g/mol. The highest BCUT2D eigenvalue weighted by Gasteiger charge is 2.28. The van der Waals surface area contributed by atoms with Crippen LogP contribution in [0.4, 0.5) is 4.39 Å². The third-order valence-corrected chi connectivity index (χ3v) is 5.95. The molecule has 0 aliphatic carbocycles. The van der Waals surface area contributed by atoms with Gasteiger partial charge in [-0.15, -0.1) is 12.4 Å². The lowest BCUT2D eigenvalue weighted by atomic mass is 9.94. The summed E-state index contributed by atoms with van der Waals surface area (Å²) in [6, 6.07) is 6.54. The Morgan fingerprint density at radius 1 is 1.31 bits per heavy atom. The van der Waals surface area contributed by atoms with Gasteiger partial charge in [0.25, 0.3) is 0 Å². The van der Waals surface area contributed by atoms with Crippen LogP contribution in [-0.2, 0) is 16.0 Å². The molecule has 2 aliphatic rings. The van der Waals surface area contributed by atoms with Crippen molar-refractivity contribution < 1.29 is 14.0 Å². The predicted molar refractivity (Wildman–Crippen MR) is 114 cm³/mol. The predicted octanol–water partition coefficient (Wildman–Crippen LogP) is 2.92. The maximum Gasteiger partial charge on any atom is 0.237 e. The first kappa shape index (κ1) is 23.6. The monoisotopic (exact) mass is 425 g/mol. The molecule has 2 fully saturated rings. The molecule has 2 heterocycles. The van der Waals surface area contributed by atoms with E-state index in [1.165, 1.54) is 12.1 Å². The average Bonchev–Trinajstić information content (AvgIpc) is 3.25. The van der Waals surface area contributed by atoms with Crippen LogP contribution >= 0.6 is 12.4 Å². The fourth-order valence-corrected chi connectivity index (χ4v) is 4.22. The summed E-state index contributed by atoms with van der Waals surface area (Å²) in [5, 5.41) is 6.28. The van der Waals surface area contributed by atoms with Gasteiger partial charge in [-0.2, -0.15) is 0 Å². The number of hydrogen-bond donors (Lipinski definition) is 2. The molecule has 2 N–H and O–H groups in total. The van der Waals surface area contributed by atoms with Crippen LogP contribution in [-0.4, -0.2) is 48.9 Å². The van der Waals surface area contributed by atoms with Gasteiger partial charge in [-0.3, -0.25) is 9.59 Å². The lowest BCUT2D eigenvalue weighted by Gasteiger charge is -2.34. The van der Waals surface area contributed by atoms with Crippen LogP contribution in [0.15, 0.2) is 24.3 Å². The van der Waals surface area contributed by atoms with Crippen molar-refractivity contribution in [1.29, 1.82) is 0 Å². The summed E-state index contributed by atoms with van der Waals surface area (Å²) >= 11 is 0. The Balaban J connectivity index is 0.00000300. The first-order chi connectivity index (χ1) is 13.5. The quantitative estimate of drug-likeness (QED) is 0.706. The van der Waals surface area contributed by atoms with Crippen molar-refractivity contribution in [2.45, 2.75) is 51.5 Å². The largest absolute Gasteiger partial charge is 0.354 e. The van der Waals surface area contributed by atoms with Crippen LogP contribution in [0.25, 0.3) is 0 Å². The number of rotatable bonds is 7. The van der Waals surface area contributed by atoms with Gasteiger partial charge < -0.3 is 15.5 Å². The molecule has 1 aromatic carbocycles. The molecule has 0 spiro atoms. The highest BCUT2D eigenvalue weighted by molar-refractivity contribution is 5.85. The number of nitrogens with one attached hydrogen (secondary N) is 2. The molecule has 0 radical (unpaired) electrons. The zero-order valence-corrected chi connectivity index (χ0v) is 18.0. The molecule has 0 aromatic heterocycles. The first-order valence-corrected chi connectivity index (χ1v) is 10.6. The molecule has 3 atom stereocenters. The van der Waals surface area contributed by atoms with E-state index in [1.807, 2.05) is 17.9 Å². The molecule has 2 aliphatic heterocycles. The zero-order valence-electron chi connectivity index (χ0n) is 17.2. The molecule has 5 nitrogen and oxygen atoms in total. The summed E-state index contributed by atoms with van der Waals surface area (Å²) in [5.41, 5.74) is 0.930. The molecule has 162 valence electrons. The third kappa shape index (κ3) is 6.96. The summed E-state index contributed by atoms with van der Waals surface area (Å²) in [6.07, 6.45) is 5.39. The number of carbonyl (C=O) groups excluding carboxylic acids is 2. The summed E-state index contributed by atoms with van der Waals surface area (Å²) in [7, 11) is 0. The summed E-state index contributed by atoms with van der Waals surface area (Å²) in [4.78, 5) is 27.0. The van der Waals surface area contributed by atoms with Gasteiger partial charge in [-0.25, -0.2) is 4.39 Å². The van der Waals surface area contributed by atoms with Crippen molar-refractivity contribution in [3.05, 3.63) is 35.6 Å². The van der Waals surface area contributed by atoms with Crippen molar-refractivity contribution in [2.75, 3.05) is 26.2 Å². The highest BCUT2D eigenvalue weighted by Crippen LogP contribution is 2.20. The molecule has 3 unspecified atom stereocenters. The number of piperidine rings is 1. The maximum atomic E-state index is 13.3. The van der Waals surface area contributed by atoms with Gasteiger partial charge >= 0.3 is 0 Å². The Hall–Kier alpha value is -1.66. The number of amides is 2. The maximum absolute atomic E-state index is 13.3. The van der Waals surface area contributed by atoms with Gasteiger partial charge in [0.05, 0.1) is 6.04 Å². The van der Waals surface area contributed by atoms with Crippen molar-refractivity contribution in [3.8, 4) is 0 Å². The summed E-state index contributed by atoms with van der Waals surface area (Å²) in [5.74, 6) is 0.261. The lowest BCUT2D eigenvalue weighted by Crippen LogP contribution is -2.47. The Bertz CT molecular complexity index is 682. The molecule has 2 amide bonds. The lowest BCUT2D eigenvalue weighted by molar-refractivity contribution is -0.137. The number of nitrogens with zero attached hydrogens (tertiary/aromatic N) is 1. The number of carbonyl (C=O) groups is 2. The molecule has 29 heavy (non-hydrogen) atoms. The number of likely N-dealkylation sites (tertiary alicyclic amines) is 1. The molecular formula is C22H33ClFN3O2. The second-order valence-corrected chi connectivity index (χ2v) is 8.26. The van der Waals surface area contributed by atoms with Crippen molar-refractivity contribution in [1.82, 2.24) is 15.5 Å². The fraction of sp³-hybridized carbons (Fsp3) is 0.636. The van der Waals surface area contributed by atoms with E-state index < -0.39 is 0 Å². The summed E-state index contributed by atoms with van der Waals surface area (Å²) < 4.78 is 13.3. The molecule has 0 bridgehead atoms. The van der Waals surface area contributed by atoms with E-state index >= 15 is 0 Å². The second kappa shape index (κ2) is 11.5. The van der Waals surface area contributed by atoms with E-state index in [2.05, 4.69) is 10.6 Å². The van der Waals surface area contributed by atoms with E-state index in [1.54, 1.807) is 6.07 Å². The second-order valence-electron chi connectivity index (χ2n) is 8.26. The van der Waals surface area contributed by atoms with E-state index in [0.29, 0.717) is 31.8 Å². The molecule has 3 rings (SSSR count). The Kier molecular flexibility index (Phi) is 9.37. The van der Waals surface area contributed by atoms with Gasteiger partial charge in [-0.05, 0) is 68.7 Å². The summed E-state index contributed by atoms with van der Waals surface area (Å²) in [6.45, 7) is 5.01. The molecular weight excluding hydrogens is 393 g/mol. The normalized spacial score (nSPS) is 22.6. The van der Waals surface area contributed by atoms with Crippen LogP contribution in [0.2, 0.25) is 0 Å². The van der Waals surface area contributed by atoms with Gasteiger partial charge in [0.2, 0.25) is 11.8 Å². The van der Waals surface area contributed by atoms with Gasteiger partial charge in [0, 0.05) is 25.6 Å². The number of halogens is 2. The van der Waals surface area contributed by atoms with E-state index in [-0.39, 0.29) is 42.0 Å². The van der Waals surface area contributed by atoms with E-state index in [4.69, 9.17) is 0 Å². The smallest absolute Gasteiger partial charge is 0.237 e. The fourth-order valence-electron chi connectivity index (χ4n) is 4.22. The third-order valence-electron chi connectivity index (χ3n) is 5.95. The van der Waals surface area contributed by atoms with E-state index in [0.717, 1.165) is 44.3 Å². The van der Waals surface area contributed by atoms with Crippen LogP contribution in [0.1, 0.15) is 44.6 Å². The van der Waals surface area contributed by atoms with Gasteiger partial charge in [0.1, 0.15) is 5.82 Å². The van der Waals surface area contributed by atoms with Crippen LogP contribution in [0, 0.1) is 17.7 Å². The van der Waals surface area contributed by atoms with Crippen molar-refractivity contribution in [3.63, 3.8) is 0 Å². The van der Waals surface area contributed by atoms with Gasteiger partial charge in [0.15, 0.2) is 0 Å². The van der Waals surface area contributed by atoms with Crippen LogP contribution in [0.3, 0.4) is 0 Å². The molecule has 7 heteroatoms. The number of hydrogen-bond acceptors (Lipinski definition) is 3. The van der Waals surface area contributed by atoms with Crippen LogP contribution in [0.5, 0.6) is 0 Å². The molecule has 2 saturated heterocycles. The zero-order chi connectivity index (χ0) is 19.9. The first-order valence-electron chi connectivity index (χ1n) is 10.6. The number of aryl methyl sites for hydroxylation is 1.